The zero-order valence-corrected chi connectivity index (χ0v) is 13.8. The molecule has 0 aliphatic carbocycles. The molecule has 104 valence electrons. The summed E-state index contributed by atoms with van der Waals surface area (Å²) in [7, 11) is 0. The first kappa shape index (κ1) is 14.0. The molecule has 1 nitrogen and oxygen atoms in total. The molecule has 1 aliphatic heterocycles. The molecule has 1 heterocycles. The number of alkyl halides is 1. The summed E-state index contributed by atoms with van der Waals surface area (Å²) in [5.74, 6) is 0.542. The van der Waals surface area contributed by atoms with Crippen LogP contribution in [0.1, 0.15) is 23.1 Å². The maximum absolute atomic E-state index is 6.11. The van der Waals surface area contributed by atoms with E-state index in [1.165, 1.54) is 34.5 Å². The summed E-state index contributed by atoms with van der Waals surface area (Å²) >= 11 is 9.69. The molecule has 0 amide bonds. The van der Waals surface area contributed by atoms with Gasteiger partial charge in [-0.25, -0.2) is 0 Å². The van der Waals surface area contributed by atoms with Gasteiger partial charge in [0.2, 0.25) is 0 Å². The fourth-order valence-electron chi connectivity index (χ4n) is 2.88. The molecule has 2 aromatic carbocycles. The van der Waals surface area contributed by atoms with Crippen LogP contribution in [0.3, 0.4) is 0 Å². The van der Waals surface area contributed by atoms with Crippen LogP contribution in [-0.4, -0.2) is 6.54 Å². The van der Waals surface area contributed by atoms with Crippen molar-refractivity contribution in [2.24, 2.45) is 0 Å². The average molecular weight is 351 g/mol. The minimum atomic E-state index is 0.542. The van der Waals surface area contributed by atoms with Crippen LogP contribution in [0.4, 0.5) is 11.4 Å². The molecule has 0 saturated carbocycles. The lowest BCUT2D eigenvalue weighted by Gasteiger charge is -2.33. The predicted molar refractivity (Wildman–Crippen MR) is 90.2 cm³/mol. The second kappa shape index (κ2) is 5.79. The van der Waals surface area contributed by atoms with Crippen molar-refractivity contribution in [3.8, 4) is 0 Å². The summed E-state index contributed by atoms with van der Waals surface area (Å²) in [5.41, 5.74) is 6.50. The monoisotopic (exact) mass is 349 g/mol. The third-order valence-electron chi connectivity index (χ3n) is 3.84. The molecular formula is C17H17BrClN. The van der Waals surface area contributed by atoms with Crippen LogP contribution < -0.4 is 4.90 Å². The number of anilines is 2. The zero-order valence-electron chi connectivity index (χ0n) is 11.5. The lowest BCUT2D eigenvalue weighted by molar-refractivity contribution is 0.764. The van der Waals surface area contributed by atoms with E-state index in [0.29, 0.717) is 5.88 Å². The number of hydrogen-bond acceptors (Lipinski definition) is 1. The maximum atomic E-state index is 6.11. The number of hydrogen-bond donors (Lipinski definition) is 0. The molecule has 3 heteroatoms. The lowest BCUT2D eigenvalue weighted by atomic mass is 9.98. The van der Waals surface area contributed by atoms with Gasteiger partial charge in [0.1, 0.15) is 0 Å². The molecule has 0 unspecified atom stereocenters. The second-order valence-corrected chi connectivity index (χ2v) is 6.48. The molecule has 0 spiro atoms. The number of aryl methyl sites for hydroxylation is 2. The van der Waals surface area contributed by atoms with Crippen molar-refractivity contribution in [1.82, 2.24) is 0 Å². The van der Waals surface area contributed by atoms with Crippen LogP contribution in [0.25, 0.3) is 0 Å². The zero-order chi connectivity index (χ0) is 14.1. The average Bonchev–Trinajstić information content (AvgIpc) is 2.46. The molecule has 0 N–H and O–H groups in total. The van der Waals surface area contributed by atoms with E-state index < -0.39 is 0 Å². The van der Waals surface area contributed by atoms with Gasteiger partial charge in [0.05, 0.1) is 0 Å². The summed E-state index contributed by atoms with van der Waals surface area (Å²) in [5, 5.41) is 0. The van der Waals surface area contributed by atoms with Gasteiger partial charge in [-0.1, -0.05) is 39.7 Å². The van der Waals surface area contributed by atoms with Crippen molar-refractivity contribution in [1.29, 1.82) is 0 Å². The number of halogens is 2. The van der Waals surface area contributed by atoms with Gasteiger partial charge in [-0.05, 0) is 49.1 Å². The molecule has 2 aromatic rings. The number of fused-ring (bicyclic) bond motifs is 1. The first-order valence-corrected chi connectivity index (χ1v) is 8.23. The highest BCUT2D eigenvalue weighted by Gasteiger charge is 2.20. The van der Waals surface area contributed by atoms with Crippen molar-refractivity contribution in [3.63, 3.8) is 0 Å². The molecule has 0 radical (unpaired) electrons. The molecule has 0 fully saturated rings. The Hall–Kier alpha value is -0.990. The van der Waals surface area contributed by atoms with E-state index in [9.17, 15) is 0 Å². The van der Waals surface area contributed by atoms with E-state index >= 15 is 0 Å². The fraction of sp³-hybridized carbons (Fsp3) is 0.294. The fourth-order valence-corrected chi connectivity index (χ4v) is 3.45. The molecule has 20 heavy (non-hydrogen) atoms. The molecule has 3 rings (SSSR count). The summed E-state index contributed by atoms with van der Waals surface area (Å²) in [6.07, 6.45) is 2.35. The van der Waals surface area contributed by atoms with Crippen molar-refractivity contribution < 1.29 is 0 Å². The predicted octanol–water partition coefficient (Wildman–Crippen LogP) is 5.58. The van der Waals surface area contributed by atoms with Gasteiger partial charge in [-0.2, -0.15) is 0 Å². The van der Waals surface area contributed by atoms with Crippen LogP contribution in [0.5, 0.6) is 0 Å². The van der Waals surface area contributed by atoms with Gasteiger partial charge in [0.15, 0.2) is 0 Å². The van der Waals surface area contributed by atoms with E-state index in [2.05, 4.69) is 64.2 Å². The Morgan fingerprint density at radius 3 is 2.80 bits per heavy atom. The Bertz CT molecular complexity index is 639. The molecular weight excluding hydrogens is 334 g/mol. The van der Waals surface area contributed by atoms with Crippen LogP contribution in [-0.2, 0) is 12.3 Å². The topological polar surface area (TPSA) is 3.24 Å². The SMILES string of the molecule is Cc1ccc2c(c1)CCCN2c1cc(Br)ccc1CCl. The smallest absolute Gasteiger partial charge is 0.0494 e. The molecule has 0 bridgehead atoms. The minimum Gasteiger partial charge on any atom is -0.341 e. The van der Waals surface area contributed by atoms with Crippen molar-refractivity contribution in [3.05, 3.63) is 57.6 Å². The Balaban J connectivity index is 2.11. The van der Waals surface area contributed by atoms with Crippen LogP contribution >= 0.6 is 27.5 Å². The van der Waals surface area contributed by atoms with Gasteiger partial charge in [0, 0.05) is 28.3 Å². The number of benzene rings is 2. The Kier molecular flexibility index (Phi) is 4.04. The highest BCUT2D eigenvalue weighted by Crippen LogP contribution is 2.37. The standard InChI is InChI=1S/C17H17BrClN/c1-12-4-7-16-13(9-12)3-2-8-20(16)17-10-15(18)6-5-14(17)11-19/h4-7,9-10H,2-3,8,11H2,1H3. The van der Waals surface area contributed by atoms with Crippen molar-refractivity contribution >= 4 is 38.9 Å². The molecule has 0 saturated heterocycles. The van der Waals surface area contributed by atoms with E-state index in [1.807, 2.05) is 0 Å². The summed E-state index contributed by atoms with van der Waals surface area (Å²) in [6.45, 7) is 3.21. The largest absolute Gasteiger partial charge is 0.341 e. The highest BCUT2D eigenvalue weighted by molar-refractivity contribution is 9.10. The first-order valence-electron chi connectivity index (χ1n) is 6.90. The van der Waals surface area contributed by atoms with E-state index in [-0.39, 0.29) is 0 Å². The van der Waals surface area contributed by atoms with E-state index in [0.717, 1.165) is 17.4 Å². The minimum absolute atomic E-state index is 0.542. The summed E-state index contributed by atoms with van der Waals surface area (Å²) in [6, 6.07) is 13.1. The molecule has 0 aromatic heterocycles. The first-order chi connectivity index (χ1) is 9.69. The van der Waals surface area contributed by atoms with Gasteiger partial charge in [-0.3, -0.25) is 0 Å². The van der Waals surface area contributed by atoms with Crippen LogP contribution in [0.15, 0.2) is 40.9 Å². The summed E-state index contributed by atoms with van der Waals surface area (Å²) < 4.78 is 1.10. The molecule has 1 aliphatic rings. The normalized spacial score (nSPS) is 14.2. The van der Waals surface area contributed by atoms with Gasteiger partial charge in [0.25, 0.3) is 0 Å². The van der Waals surface area contributed by atoms with Gasteiger partial charge < -0.3 is 4.90 Å². The highest BCUT2D eigenvalue weighted by atomic mass is 79.9. The Morgan fingerprint density at radius 2 is 2.00 bits per heavy atom. The third-order valence-corrected chi connectivity index (χ3v) is 4.62. The third kappa shape index (κ3) is 2.59. The van der Waals surface area contributed by atoms with Crippen molar-refractivity contribution in [2.75, 3.05) is 11.4 Å². The molecule has 0 atom stereocenters. The van der Waals surface area contributed by atoms with Crippen LogP contribution in [0.2, 0.25) is 0 Å². The quantitative estimate of drug-likeness (QED) is 0.639. The van der Waals surface area contributed by atoms with Gasteiger partial charge in [-0.15, -0.1) is 11.6 Å². The maximum Gasteiger partial charge on any atom is 0.0494 e. The Morgan fingerprint density at radius 1 is 1.15 bits per heavy atom. The number of rotatable bonds is 2. The van der Waals surface area contributed by atoms with E-state index in [1.54, 1.807) is 0 Å². The lowest BCUT2D eigenvalue weighted by Crippen LogP contribution is -2.25. The van der Waals surface area contributed by atoms with Gasteiger partial charge >= 0.3 is 0 Å². The second-order valence-electron chi connectivity index (χ2n) is 5.29. The van der Waals surface area contributed by atoms with Crippen molar-refractivity contribution in [2.45, 2.75) is 25.6 Å². The Labute approximate surface area is 133 Å². The number of nitrogens with zero attached hydrogens (tertiary/aromatic N) is 1. The van der Waals surface area contributed by atoms with Crippen LogP contribution in [0, 0.1) is 6.92 Å². The summed E-state index contributed by atoms with van der Waals surface area (Å²) in [4.78, 5) is 2.40. The van der Waals surface area contributed by atoms with E-state index in [4.69, 9.17) is 11.6 Å².